The minimum Gasteiger partial charge on any atom is -0.348 e. The third-order valence-corrected chi connectivity index (χ3v) is 4.62. The van der Waals surface area contributed by atoms with E-state index in [1.165, 1.54) is 37.5 Å². The summed E-state index contributed by atoms with van der Waals surface area (Å²) < 4.78 is 13.5. The first kappa shape index (κ1) is 15.4. The lowest BCUT2D eigenvalue weighted by molar-refractivity contribution is 0.0914. The Kier molecular flexibility index (Phi) is 5.54. The molecule has 20 heavy (non-hydrogen) atoms. The molecule has 0 aliphatic heterocycles. The predicted octanol–water partition coefficient (Wildman–Crippen LogP) is 3.23. The highest BCUT2D eigenvalue weighted by molar-refractivity contribution is 9.10. The van der Waals surface area contributed by atoms with Gasteiger partial charge in [0.1, 0.15) is 5.82 Å². The number of carbonyl (C=O) groups excluding carboxylic acids is 1. The van der Waals surface area contributed by atoms with Gasteiger partial charge in [0.05, 0.1) is 5.56 Å². The standard InChI is InChI=1S/C15H20BrFN2O/c16-13-8-11(17)6-7-12(13)15(20)19-14(9-18)10-4-2-1-3-5-10/h6-8,10,14H,1-5,9,18H2,(H,19,20). The molecule has 5 heteroatoms. The van der Waals surface area contributed by atoms with Crippen molar-refractivity contribution in [1.82, 2.24) is 5.32 Å². The predicted molar refractivity (Wildman–Crippen MR) is 81.0 cm³/mol. The molecule has 3 N–H and O–H groups in total. The molecule has 1 atom stereocenters. The summed E-state index contributed by atoms with van der Waals surface area (Å²) in [5.41, 5.74) is 6.25. The van der Waals surface area contributed by atoms with Crippen LogP contribution in [0.5, 0.6) is 0 Å². The highest BCUT2D eigenvalue weighted by atomic mass is 79.9. The molecule has 0 aromatic heterocycles. The van der Waals surface area contributed by atoms with Gasteiger partial charge < -0.3 is 11.1 Å². The van der Waals surface area contributed by atoms with E-state index >= 15 is 0 Å². The number of halogens is 2. The second-order valence-electron chi connectivity index (χ2n) is 5.34. The summed E-state index contributed by atoms with van der Waals surface area (Å²) in [4.78, 5) is 12.3. The zero-order valence-electron chi connectivity index (χ0n) is 11.4. The van der Waals surface area contributed by atoms with Gasteiger partial charge in [-0.25, -0.2) is 4.39 Å². The Morgan fingerprint density at radius 3 is 2.70 bits per heavy atom. The van der Waals surface area contributed by atoms with Gasteiger partial charge in [-0.2, -0.15) is 0 Å². The van der Waals surface area contributed by atoms with E-state index in [0.717, 1.165) is 12.8 Å². The lowest BCUT2D eigenvalue weighted by Crippen LogP contribution is -2.46. The second-order valence-corrected chi connectivity index (χ2v) is 6.19. The van der Waals surface area contributed by atoms with E-state index in [-0.39, 0.29) is 17.8 Å². The van der Waals surface area contributed by atoms with Crippen molar-refractivity contribution in [2.45, 2.75) is 38.1 Å². The largest absolute Gasteiger partial charge is 0.348 e. The normalized spacial score (nSPS) is 17.8. The minimum atomic E-state index is -0.365. The van der Waals surface area contributed by atoms with Crippen LogP contribution >= 0.6 is 15.9 Å². The van der Waals surface area contributed by atoms with Crippen LogP contribution in [0, 0.1) is 11.7 Å². The van der Waals surface area contributed by atoms with Crippen LogP contribution in [0.3, 0.4) is 0 Å². The molecule has 1 unspecified atom stereocenters. The summed E-state index contributed by atoms with van der Waals surface area (Å²) in [7, 11) is 0. The van der Waals surface area contributed by atoms with Crippen LogP contribution in [0.1, 0.15) is 42.5 Å². The van der Waals surface area contributed by atoms with E-state index in [1.807, 2.05) is 0 Å². The lowest BCUT2D eigenvalue weighted by atomic mass is 9.84. The van der Waals surface area contributed by atoms with E-state index in [1.54, 1.807) is 0 Å². The average Bonchev–Trinajstić information content (AvgIpc) is 2.45. The average molecular weight is 343 g/mol. The number of hydrogen-bond acceptors (Lipinski definition) is 2. The summed E-state index contributed by atoms with van der Waals surface area (Å²) in [5, 5.41) is 3.00. The van der Waals surface area contributed by atoms with E-state index in [0.29, 0.717) is 22.5 Å². The van der Waals surface area contributed by atoms with E-state index in [2.05, 4.69) is 21.2 Å². The Morgan fingerprint density at radius 2 is 2.10 bits per heavy atom. The highest BCUT2D eigenvalue weighted by Crippen LogP contribution is 2.26. The molecule has 1 aliphatic carbocycles. The number of benzene rings is 1. The van der Waals surface area contributed by atoms with Gasteiger partial charge >= 0.3 is 0 Å². The zero-order valence-corrected chi connectivity index (χ0v) is 13.0. The molecule has 1 aliphatic rings. The number of nitrogens with one attached hydrogen (secondary N) is 1. The molecule has 1 aromatic carbocycles. The van der Waals surface area contributed by atoms with Crippen molar-refractivity contribution < 1.29 is 9.18 Å². The van der Waals surface area contributed by atoms with Gasteiger partial charge in [-0.15, -0.1) is 0 Å². The van der Waals surface area contributed by atoms with Crippen molar-refractivity contribution in [2.24, 2.45) is 11.7 Å². The van der Waals surface area contributed by atoms with Gasteiger partial charge in [0, 0.05) is 17.1 Å². The van der Waals surface area contributed by atoms with Crippen LogP contribution in [0.25, 0.3) is 0 Å². The monoisotopic (exact) mass is 342 g/mol. The fraction of sp³-hybridized carbons (Fsp3) is 0.533. The summed E-state index contributed by atoms with van der Waals surface area (Å²) >= 11 is 3.22. The summed E-state index contributed by atoms with van der Waals surface area (Å²) in [6.45, 7) is 0.440. The maximum Gasteiger partial charge on any atom is 0.252 e. The van der Waals surface area contributed by atoms with Crippen LogP contribution in [-0.2, 0) is 0 Å². The number of carbonyl (C=O) groups is 1. The lowest BCUT2D eigenvalue weighted by Gasteiger charge is -2.30. The van der Waals surface area contributed by atoms with Crippen molar-refractivity contribution in [3.05, 3.63) is 34.1 Å². The highest BCUT2D eigenvalue weighted by Gasteiger charge is 2.24. The fourth-order valence-electron chi connectivity index (χ4n) is 2.83. The maximum absolute atomic E-state index is 13.0. The molecule has 1 fully saturated rings. The number of rotatable bonds is 4. The molecule has 0 radical (unpaired) electrons. The molecule has 1 amide bonds. The Labute approximate surface area is 127 Å². The molecule has 2 rings (SSSR count). The van der Waals surface area contributed by atoms with Gasteiger partial charge in [0.25, 0.3) is 5.91 Å². The molecule has 0 spiro atoms. The van der Waals surface area contributed by atoms with Crippen LogP contribution in [0.4, 0.5) is 4.39 Å². The van der Waals surface area contributed by atoms with Gasteiger partial charge in [-0.05, 0) is 52.9 Å². The SMILES string of the molecule is NCC(NC(=O)c1ccc(F)cc1Br)C1CCCCC1. The van der Waals surface area contributed by atoms with Gasteiger partial charge in [-0.3, -0.25) is 4.79 Å². The number of hydrogen-bond donors (Lipinski definition) is 2. The van der Waals surface area contributed by atoms with Crippen LogP contribution in [0.15, 0.2) is 22.7 Å². The van der Waals surface area contributed by atoms with Gasteiger partial charge in [-0.1, -0.05) is 19.3 Å². The fourth-order valence-corrected chi connectivity index (χ4v) is 3.36. The Hall–Kier alpha value is -0.940. The molecular weight excluding hydrogens is 323 g/mol. The first-order chi connectivity index (χ1) is 9.61. The second kappa shape index (κ2) is 7.18. The first-order valence-corrected chi connectivity index (χ1v) is 7.87. The molecule has 1 aromatic rings. The summed E-state index contributed by atoms with van der Waals surface area (Å²) in [6.07, 6.45) is 5.92. The van der Waals surface area contributed by atoms with Crippen LogP contribution in [-0.4, -0.2) is 18.5 Å². The smallest absolute Gasteiger partial charge is 0.252 e. The summed E-state index contributed by atoms with van der Waals surface area (Å²) in [5.74, 6) is -0.106. The molecule has 0 saturated heterocycles. The van der Waals surface area contributed by atoms with E-state index in [9.17, 15) is 9.18 Å². The zero-order chi connectivity index (χ0) is 14.5. The molecule has 3 nitrogen and oxygen atoms in total. The summed E-state index contributed by atoms with van der Waals surface area (Å²) in [6, 6.07) is 4.08. The van der Waals surface area contributed by atoms with Gasteiger partial charge in [0.2, 0.25) is 0 Å². The van der Waals surface area contributed by atoms with Crippen molar-refractivity contribution in [3.8, 4) is 0 Å². The van der Waals surface area contributed by atoms with Crippen molar-refractivity contribution >= 4 is 21.8 Å². The maximum atomic E-state index is 13.0. The molecular formula is C15H20BrFN2O. The van der Waals surface area contributed by atoms with E-state index in [4.69, 9.17) is 5.73 Å². The number of nitrogens with two attached hydrogens (primary N) is 1. The Bertz CT molecular complexity index is 475. The van der Waals surface area contributed by atoms with Crippen LogP contribution in [0.2, 0.25) is 0 Å². The Morgan fingerprint density at radius 1 is 1.40 bits per heavy atom. The van der Waals surface area contributed by atoms with Crippen molar-refractivity contribution in [2.75, 3.05) is 6.54 Å². The third kappa shape index (κ3) is 3.79. The van der Waals surface area contributed by atoms with E-state index < -0.39 is 0 Å². The topological polar surface area (TPSA) is 55.1 Å². The molecule has 110 valence electrons. The number of amides is 1. The first-order valence-electron chi connectivity index (χ1n) is 7.08. The van der Waals surface area contributed by atoms with Gasteiger partial charge in [0.15, 0.2) is 0 Å². The molecule has 0 bridgehead atoms. The third-order valence-electron chi connectivity index (χ3n) is 3.97. The molecule has 0 heterocycles. The Balaban J connectivity index is 2.04. The minimum absolute atomic E-state index is 0.000229. The van der Waals surface area contributed by atoms with Crippen LogP contribution < -0.4 is 11.1 Å². The van der Waals surface area contributed by atoms with Crippen molar-refractivity contribution in [1.29, 1.82) is 0 Å². The molecule has 1 saturated carbocycles. The quantitative estimate of drug-likeness (QED) is 0.882. The van der Waals surface area contributed by atoms with Crippen molar-refractivity contribution in [3.63, 3.8) is 0 Å².